The van der Waals surface area contributed by atoms with Crippen LogP contribution in [0, 0.1) is 5.92 Å². The maximum Gasteiger partial charge on any atom is 0.224 e. The molecule has 0 aliphatic rings. The third-order valence-corrected chi connectivity index (χ3v) is 5.16. The number of rotatable bonds is 5. The van der Waals surface area contributed by atoms with E-state index in [4.69, 9.17) is 0 Å². The molecular weight excluding hydrogens is 388 g/mol. The van der Waals surface area contributed by atoms with Crippen molar-refractivity contribution in [3.63, 3.8) is 0 Å². The maximum atomic E-state index is 12.1. The van der Waals surface area contributed by atoms with Crippen molar-refractivity contribution in [1.82, 2.24) is 25.1 Å². The predicted molar refractivity (Wildman–Crippen MR) is 122 cm³/mol. The van der Waals surface area contributed by atoms with Crippen molar-refractivity contribution in [2.45, 2.75) is 20.3 Å². The lowest BCUT2D eigenvalue weighted by molar-refractivity contribution is -0.116. The Hall–Kier alpha value is -4.00. The van der Waals surface area contributed by atoms with Crippen molar-refractivity contribution >= 4 is 33.5 Å². The Morgan fingerprint density at radius 3 is 2.84 bits per heavy atom. The fourth-order valence-corrected chi connectivity index (χ4v) is 3.73. The number of nitrogens with zero attached hydrogens (tertiary/aromatic N) is 3. The molecular formula is C24H22N6O. The minimum atomic E-state index is -0.00561. The summed E-state index contributed by atoms with van der Waals surface area (Å²) >= 11 is 0. The molecule has 0 radical (unpaired) electrons. The number of carbonyl (C=O) groups excluding carboxylic acids is 1. The molecule has 0 spiro atoms. The number of nitrogens with one attached hydrogen (secondary N) is 3. The van der Waals surface area contributed by atoms with E-state index < -0.39 is 0 Å². The van der Waals surface area contributed by atoms with Crippen molar-refractivity contribution in [3.8, 4) is 22.5 Å². The molecule has 1 amide bonds. The molecule has 0 aliphatic carbocycles. The molecule has 0 bridgehead atoms. The number of aromatic amines is 2. The minimum absolute atomic E-state index is 0.00561. The van der Waals surface area contributed by atoms with Crippen LogP contribution in [0.4, 0.5) is 5.69 Å². The molecule has 0 saturated heterocycles. The van der Waals surface area contributed by atoms with Gasteiger partial charge in [-0.25, -0.2) is 4.98 Å². The zero-order chi connectivity index (χ0) is 21.4. The molecule has 0 fully saturated rings. The first-order valence-corrected chi connectivity index (χ1v) is 10.2. The molecule has 4 heterocycles. The van der Waals surface area contributed by atoms with Gasteiger partial charge in [0.25, 0.3) is 0 Å². The van der Waals surface area contributed by atoms with Crippen molar-refractivity contribution < 1.29 is 4.79 Å². The third kappa shape index (κ3) is 3.77. The highest BCUT2D eigenvalue weighted by atomic mass is 16.1. The number of H-pyrrole nitrogens is 2. The molecule has 5 rings (SSSR count). The van der Waals surface area contributed by atoms with E-state index >= 15 is 0 Å². The summed E-state index contributed by atoms with van der Waals surface area (Å²) < 4.78 is 0. The van der Waals surface area contributed by atoms with Gasteiger partial charge in [-0.15, -0.1) is 0 Å². The van der Waals surface area contributed by atoms with Gasteiger partial charge in [0.1, 0.15) is 11.3 Å². The lowest BCUT2D eigenvalue weighted by Gasteiger charge is -2.09. The van der Waals surface area contributed by atoms with E-state index in [0.29, 0.717) is 18.0 Å². The number of amides is 1. The van der Waals surface area contributed by atoms with Gasteiger partial charge in [0.05, 0.1) is 23.1 Å². The van der Waals surface area contributed by atoms with Crippen LogP contribution in [0.5, 0.6) is 0 Å². The largest absolute Gasteiger partial charge is 0.338 e. The van der Waals surface area contributed by atoms with E-state index in [9.17, 15) is 4.79 Å². The number of hydrogen-bond donors (Lipinski definition) is 3. The van der Waals surface area contributed by atoms with Crippen LogP contribution in [0.25, 0.3) is 44.5 Å². The van der Waals surface area contributed by atoms with Gasteiger partial charge in [0.2, 0.25) is 5.91 Å². The average Bonchev–Trinajstić information content (AvgIpc) is 3.36. The van der Waals surface area contributed by atoms with Crippen LogP contribution in [0.1, 0.15) is 20.3 Å². The number of aromatic nitrogens is 5. The van der Waals surface area contributed by atoms with Crippen LogP contribution in [-0.2, 0) is 4.79 Å². The van der Waals surface area contributed by atoms with Gasteiger partial charge in [0.15, 0.2) is 0 Å². The summed E-state index contributed by atoms with van der Waals surface area (Å²) in [5.41, 5.74) is 6.14. The van der Waals surface area contributed by atoms with E-state index in [0.717, 1.165) is 44.5 Å². The molecule has 4 aromatic heterocycles. The second-order valence-electron chi connectivity index (χ2n) is 8.07. The molecule has 0 aliphatic heterocycles. The van der Waals surface area contributed by atoms with Crippen LogP contribution < -0.4 is 5.32 Å². The third-order valence-electron chi connectivity index (χ3n) is 5.16. The molecule has 5 aromatic rings. The summed E-state index contributed by atoms with van der Waals surface area (Å²) in [4.78, 5) is 24.2. The summed E-state index contributed by atoms with van der Waals surface area (Å²) in [6, 6.07) is 14.0. The molecule has 0 unspecified atom stereocenters. The topological polar surface area (TPSA) is 99.3 Å². The van der Waals surface area contributed by atoms with E-state index in [1.165, 1.54) is 0 Å². The average molecular weight is 410 g/mol. The Kier molecular flexibility index (Phi) is 4.71. The number of hydrogen-bond acceptors (Lipinski definition) is 4. The highest BCUT2D eigenvalue weighted by Crippen LogP contribution is 2.31. The van der Waals surface area contributed by atoms with Gasteiger partial charge in [-0.05, 0) is 47.9 Å². The molecule has 1 aromatic carbocycles. The fraction of sp³-hybridized carbons (Fsp3) is 0.167. The van der Waals surface area contributed by atoms with Gasteiger partial charge in [0, 0.05) is 35.2 Å². The molecule has 7 heteroatoms. The first-order valence-electron chi connectivity index (χ1n) is 10.2. The van der Waals surface area contributed by atoms with Gasteiger partial charge < -0.3 is 10.3 Å². The second-order valence-corrected chi connectivity index (χ2v) is 8.07. The molecule has 0 saturated carbocycles. The SMILES string of the molecule is CC(C)CC(=O)Nc1cncc(-c2ccc3[nH]nc(-c4cc5cccnc5[nH]4)c3c2)c1. The van der Waals surface area contributed by atoms with Crippen LogP contribution in [0.15, 0.2) is 61.1 Å². The summed E-state index contributed by atoms with van der Waals surface area (Å²) in [6.45, 7) is 4.05. The highest BCUT2D eigenvalue weighted by molar-refractivity contribution is 5.97. The zero-order valence-corrected chi connectivity index (χ0v) is 17.3. The summed E-state index contributed by atoms with van der Waals surface area (Å²) in [7, 11) is 0. The second kappa shape index (κ2) is 7.68. The van der Waals surface area contributed by atoms with Gasteiger partial charge in [-0.1, -0.05) is 19.9 Å². The summed E-state index contributed by atoms with van der Waals surface area (Å²) in [6.07, 6.45) is 5.71. The standard InChI is InChI=1S/C24H22N6O/c1-14(2)8-22(31)27-18-9-17(12-25-13-18)15-5-6-20-19(10-15)23(30-29-20)21-11-16-4-3-7-26-24(16)28-21/h3-7,9-14H,8H2,1-2H3,(H,26,28)(H,27,31)(H,29,30). The van der Waals surface area contributed by atoms with Gasteiger partial charge >= 0.3 is 0 Å². The first-order chi connectivity index (χ1) is 15.1. The minimum Gasteiger partial charge on any atom is -0.338 e. The van der Waals surface area contributed by atoms with Crippen molar-refractivity contribution in [2.75, 3.05) is 5.32 Å². The summed E-state index contributed by atoms with van der Waals surface area (Å²) in [5.74, 6) is 0.298. The van der Waals surface area contributed by atoms with Crippen molar-refractivity contribution in [2.24, 2.45) is 5.92 Å². The monoisotopic (exact) mass is 410 g/mol. The molecule has 0 atom stereocenters. The van der Waals surface area contributed by atoms with E-state index in [1.54, 1.807) is 18.6 Å². The Balaban J connectivity index is 1.51. The Morgan fingerprint density at radius 2 is 2.00 bits per heavy atom. The lowest BCUT2D eigenvalue weighted by Crippen LogP contribution is -2.13. The number of pyridine rings is 2. The van der Waals surface area contributed by atoms with E-state index in [-0.39, 0.29) is 5.91 Å². The number of benzene rings is 1. The zero-order valence-electron chi connectivity index (χ0n) is 17.3. The number of fused-ring (bicyclic) bond motifs is 2. The van der Waals surface area contributed by atoms with Crippen LogP contribution in [-0.4, -0.2) is 31.1 Å². The highest BCUT2D eigenvalue weighted by Gasteiger charge is 2.13. The number of anilines is 1. The van der Waals surface area contributed by atoms with Crippen molar-refractivity contribution in [1.29, 1.82) is 0 Å². The first kappa shape index (κ1) is 19.0. The lowest BCUT2D eigenvalue weighted by atomic mass is 10.0. The van der Waals surface area contributed by atoms with Crippen LogP contribution in [0.2, 0.25) is 0 Å². The molecule has 154 valence electrons. The fourth-order valence-electron chi connectivity index (χ4n) is 3.73. The van der Waals surface area contributed by atoms with E-state index in [1.807, 2.05) is 44.2 Å². The van der Waals surface area contributed by atoms with Gasteiger partial charge in [-0.2, -0.15) is 5.10 Å². The maximum absolute atomic E-state index is 12.1. The Labute approximate surface area is 178 Å². The molecule has 31 heavy (non-hydrogen) atoms. The van der Waals surface area contributed by atoms with Crippen LogP contribution >= 0.6 is 0 Å². The Bertz CT molecular complexity index is 1360. The number of carbonyl (C=O) groups is 1. The molecule has 7 nitrogen and oxygen atoms in total. The normalized spacial score (nSPS) is 11.5. The van der Waals surface area contributed by atoms with E-state index in [2.05, 4.69) is 42.6 Å². The Morgan fingerprint density at radius 1 is 1.10 bits per heavy atom. The smallest absolute Gasteiger partial charge is 0.224 e. The summed E-state index contributed by atoms with van der Waals surface area (Å²) in [5, 5.41) is 12.6. The van der Waals surface area contributed by atoms with Crippen molar-refractivity contribution in [3.05, 3.63) is 61.1 Å². The van der Waals surface area contributed by atoms with Crippen LogP contribution in [0.3, 0.4) is 0 Å². The quantitative estimate of drug-likeness (QED) is 0.373. The van der Waals surface area contributed by atoms with Gasteiger partial charge in [-0.3, -0.25) is 14.9 Å². The molecule has 3 N–H and O–H groups in total. The predicted octanol–water partition coefficient (Wildman–Crippen LogP) is 5.15.